The molecule has 1 aliphatic rings. The lowest BCUT2D eigenvalue weighted by atomic mass is 10.1. The summed E-state index contributed by atoms with van der Waals surface area (Å²) < 4.78 is 16.7. The molecular formula is C22H26BrN3O6S. The molecule has 1 aromatic heterocycles. The molecule has 178 valence electrons. The van der Waals surface area contributed by atoms with Crippen LogP contribution in [0.2, 0.25) is 0 Å². The lowest BCUT2D eigenvalue weighted by molar-refractivity contribution is -0.145. The summed E-state index contributed by atoms with van der Waals surface area (Å²) in [6, 6.07) is 7.76. The fourth-order valence-electron chi connectivity index (χ4n) is 3.42. The molecular weight excluding hydrogens is 514 g/mol. The number of thiazole rings is 1. The molecule has 0 radical (unpaired) electrons. The fourth-order valence-corrected chi connectivity index (χ4v) is 4.66. The Bertz CT molecular complexity index is 994. The fraction of sp³-hybridized carbons (Fsp3) is 0.455. The molecule has 2 aromatic rings. The van der Waals surface area contributed by atoms with Crippen LogP contribution in [-0.4, -0.2) is 59.4 Å². The second-order valence-corrected chi connectivity index (χ2v) is 10.8. The van der Waals surface area contributed by atoms with E-state index in [1.807, 2.05) is 30.3 Å². The summed E-state index contributed by atoms with van der Waals surface area (Å²) in [6.07, 6.45) is 0.457. The van der Waals surface area contributed by atoms with Crippen molar-refractivity contribution in [1.82, 2.24) is 9.88 Å². The molecule has 1 saturated heterocycles. The minimum Gasteiger partial charge on any atom is -0.467 e. The molecule has 0 unspecified atom stereocenters. The van der Waals surface area contributed by atoms with Gasteiger partial charge in [-0.15, -0.1) is 0 Å². The average Bonchev–Trinajstić information content (AvgIpc) is 3.38. The number of aromatic nitrogens is 1. The number of hydrogen-bond acceptors (Lipinski definition) is 8. The number of ether oxygens (including phenoxy) is 3. The van der Waals surface area contributed by atoms with Gasteiger partial charge in [0.25, 0.3) is 0 Å². The van der Waals surface area contributed by atoms with Crippen LogP contribution in [0.25, 0.3) is 0 Å². The maximum Gasteiger partial charge on any atom is 0.416 e. The van der Waals surface area contributed by atoms with Crippen molar-refractivity contribution >= 4 is 50.6 Å². The van der Waals surface area contributed by atoms with Gasteiger partial charge < -0.3 is 14.2 Å². The predicted octanol–water partition coefficient (Wildman–Crippen LogP) is 4.60. The second kappa shape index (κ2) is 10.5. The molecule has 2 amide bonds. The maximum absolute atomic E-state index is 13.1. The molecule has 11 heteroatoms. The van der Waals surface area contributed by atoms with Gasteiger partial charge in [0.2, 0.25) is 0 Å². The van der Waals surface area contributed by atoms with E-state index >= 15 is 0 Å². The maximum atomic E-state index is 13.1. The van der Waals surface area contributed by atoms with Gasteiger partial charge in [0.15, 0.2) is 5.13 Å². The van der Waals surface area contributed by atoms with E-state index in [1.54, 1.807) is 27.0 Å². The third-order valence-electron chi connectivity index (χ3n) is 4.82. The minimum absolute atomic E-state index is 0.0594. The highest BCUT2D eigenvalue weighted by atomic mass is 79.9. The van der Waals surface area contributed by atoms with E-state index in [1.165, 1.54) is 28.2 Å². The lowest BCUT2D eigenvalue weighted by Gasteiger charge is -2.29. The van der Waals surface area contributed by atoms with E-state index in [-0.39, 0.29) is 19.6 Å². The Morgan fingerprint density at radius 1 is 1.24 bits per heavy atom. The molecule has 1 aliphatic heterocycles. The molecule has 1 aromatic carbocycles. The highest BCUT2D eigenvalue weighted by Crippen LogP contribution is 2.34. The largest absolute Gasteiger partial charge is 0.467 e. The van der Waals surface area contributed by atoms with E-state index < -0.39 is 35.8 Å². The highest BCUT2D eigenvalue weighted by Gasteiger charge is 2.46. The zero-order valence-electron chi connectivity index (χ0n) is 18.8. The Morgan fingerprint density at radius 3 is 2.52 bits per heavy atom. The van der Waals surface area contributed by atoms with Crippen LogP contribution < -0.4 is 4.90 Å². The van der Waals surface area contributed by atoms with Gasteiger partial charge in [0.1, 0.15) is 18.2 Å². The first-order chi connectivity index (χ1) is 15.6. The van der Waals surface area contributed by atoms with Crippen molar-refractivity contribution in [1.29, 1.82) is 0 Å². The summed E-state index contributed by atoms with van der Waals surface area (Å²) in [4.78, 5) is 45.4. The van der Waals surface area contributed by atoms with Gasteiger partial charge in [0.05, 0.1) is 23.1 Å². The molecule has 0 saturated carbocycles. The zero-order chi connectivity index (χ0) is 24.2. The zero-order valence-corrected chi connectivity index (χ0v) is 21.2. The Kier molecular flexibility index (Phi) is 7.96. The number of esters is 1. The van der Waals surface area contributed by atoms with Gasteiger partial charge in [-0.2, -0.15) is 0 Å². The number of carbonyl (C=O) groups excluding carboxylic acids is 3. The van der Waals surface area contributed by atoms with E-state index in [9.17, 15) is 14.4 Å². The van der Waals surface area contributed by atoms with Crippen LogP contribution in [0.4, 0.5) is 14.7 Å². The van der Waals surface area contributed by atoms with Gasteiger partial charge in [-0.3, -0.25) is 4.90 Å². The van der Waals surface area contributed by atoms with Gasteiger partial charge in [-0.1, -0.05) is 41.7 Å². The molecule has 0 spiro atoms. The van der Waals surface area contributed by atoms with Crippen LogP contribution in [0.1, 0.15) is 32.8 Å². The highest BCUT2D eigenvalue weighted by molar-refractivity contribution is 9.11. The molecule has 33 heavy (non-hydrogen) atoms. The Labute approximate surface area is 204 Å². The summed E-state index contributed by atoms with van der Waals surface area (Å²) >= 11 is 4.61. The first kappa shape index (κ1) is 25.0. The van der Waals surface area contributed by atoms with Gasteiger partial charge in [-0.05, 0) is 42.3 Å². The average molecular weight is 540 g/mol. The standard InChI is InChI=1S/C22H26BrN3O6S/c1-22(2,3)32-21(29)26(19-24-11-17(23)33-19)15-10-16(18(27)30-4)25(12-15)20(28)31-13-14-8-6-5-7-9-14/h5-9,11,15-16H,10,12-13H2,1-4H3/t15-,16-/m0/s1. The summed E-state index contributed by atoms with van der Waals surface area (Å²) in [5, 5.41) is 0.393. The molecule has 2 heterocycles. The number of anilines is 1. The van der Waals surface area contributed by atoms with Crippen molar-refractivity contribution in [3.8, 4) is 0 Å². The van der Waals surface area contributed by atoms with Crippen molar-refractivity contribution in [2.24, 2.45) is 0 Å². The van der Waals surface area contributed by atoms with Crippen LogP contribution in [-0.2, 0) is 25.6 Å². The molecule has 9 nitrogen and oxygen atoms in total. The van der Waals surface area contributed by atoms with Gasteiger partial charge in [-0.25, -0.2) is 24.3 Å². The number of hydrogen-bond donors (Lipinski definition) is 0. The molecule has 0 aliphatic carbocycles. The monoisotopic (exact) mass is 539 g/mol. The number of nitrogens with zero attached hydrogens (tertiary/aromatic N) is 3. The Morgan fingerprint density at radius 2 is 1.94 bits per heavy atom. The third kappa shape index (κ3) is 6.44. The van der Waals surface area contributed by atoms with Crippen molar-refractivity contribution in [3.63, 3.8) is 0 Å². The van der Waals surface area contributed by atoms with Crippen molar-refractivity contribution < 1.29 is 28.6 Å². The molecule has 2 atom stereocenters. The van der Waals surface area contributed by atoms with E-state index in [2.05, 4.69) is 20.9 Å². The number of likely N-dealkylation sites (tertiary alicyclic amines) is 1. The van der Waals surface area contributed by atoms with Crippen molar-refractivity contribution in [2.45, 2.75) is 51.5 Å². The van der Waals surface area contributed by atoms with Crippen LogP contribution in [0, 0.1) is 0 Å². The van der Waals surface area contributed by atoms with E-state index in [4.69, 9.17) is 14.2 Å². The normalized spacial score (nSPS) is 18.0. The van der Waals surface area contributed by atoms with Crippen molar-refractivity contribution in [3.05, 3.63) is 45.9 Å². The number of amides is 2. The smallest absolute Gasteiger partial charge is 0.416 e. The molecule has 1 fully saturated rings. The quantitative estimate of drug-likeness (QED) is 0.404. The summed E-state index contributed by atoms with van der Waals surface area (Å²) in [7, 11) is 1.26. The number of halogens is 1. The van der Waals surface area contributed by atoms with Crippen LogP contribution in [0.5, 0.6) is 0 Å². The van der Waals surface area contributed by atoms with E-state index in [0.29, 0.717) is 5.13 Å². The summed E-state index contributed by atoms with van der Waals surface area (Å²) in [6.45, 7) is 5.41. The Balaban J connectivity index is 1.83. The molecule has 0 N–H and O–H groups in total. The summed E-state index contributed by atoms with van der Waals surface area (Å²) in [5.74, 6) is -0.585. The van der Waals surface area contributed by atoms with Gasteiger partial charge >= 0.3 is 18.2 Å². The van der Waals surface area contributed by atoms with Crippen molar-refractivity contribution in [2.75, 3.05) is 18.6 Å². The second-order valence-electron chi connectivity index (χ2n) is 8.42. The predicted molar refractivity (Wildman–Crippen MR) is 126 cm³/mol. The number of rotatable bonds is 5. The topological polar surface area (TPSA) is 98.3 Å². The lowest BCUT2D eigenvalue weighted by Crippen LogP contribution is -2.45. The SMILES string of the molecule is COC(=O)[C@@H]1C[C@H](N(C(=O)OC(C)(C)C)c2ncc(Br)s2)CN1C(=O)OCc1ccccc1. The third-order valence-corrected chi connectivity index (χ3v) is 6.29. The van der Waals surface area contributed by atoms with E-state index in [0.717, 1.165) is 9.35 Å². The molecule has 3 rings (SSSR count). The van der Waals surface area contributed by atoms with Gasteiger partial charge in [0, 0.05) is 13.0 Å². The summed E-state index contributed by atoms with van der Waals surface area (Å²) in [5.41, 5.74) is 0.0811. The minimum atomic E-state index is -0.906. The first-order valence-corrected chi connectivity index (χ1v) is 11.9. The number of carbonyl (C=O) groups is 3. The Hall–Kier alpha value is -2.66. The number of methoxy groups -OCH3 is 1. The van der Waals surface area contributed by atoms with Crippen LogP contribution in [0.15, 0.2) is 40.3 Å². The van der Waals surface area contributed by atoms with Crippen LogP contribution in [0.3, 0.4) is 0 Å². The molecule has 0 bridgehead atoms. The first-order valence-electron chi connectivity index (χ1n) is 10.3. The van der Waals surface area contributed by atoms with Crippen LogP contribution >= 0.6 is 27.3 Å². The number of benzene rings is 1.